The van der Waals surface area contributed by atoms with Crippen molar-refractivity contribution in [3.63, 3.8) is 0 Å². The second-order valence-corrected chi connectivity index (χ2v) is 5.55. The van der Waals surface area contributed by atoms with Gasteiger partial charge in [-0.3, -0.25) is 4.79 Å². The Bertz CT molecular complexity index is 589. The molecule has 0 unspecified atom stereocenters. The Morgan fingerprint density at radius 2 is 2.11 bits per heavy atom. The van der Waals surface area contributed by atoms with Crippen molar-refractivity contribution >= 4 is 50.1 Å². The predicted molar refractivity (Wildman–Crippen MR) is 79.0 cm³/mol. The van der Waals surface area contributed by atoms with Crippen LogP contribution >= 0.6 is 38.5 Å². The van der Waals surface area contributed by atoms with Gasteiger partial charge in [0.05, 0.1) is 17.4 Å². The third-order valence-electron chi connectivity index (χ3n) is 2.16. The minimum absolute atomic E-state index is 0.270. The molecule has 0 spiro atoms. The number of benzene rings is 1. The number of amides is 1. The SMILES string of the molecule is O=C(Nc1ccc(F)nc1)c1cc(I)ccc1Br. The predicted octanol–water partition coefficient (Wildman–Crippen LogP) is 3.84. The van der Waals surface area contributed by atoms with Crippen LogP contribution in [0.1, 0.15) is 10.4 Å². The number of anilines is 1. The number of carbonyl (C=O) groups is 1. The van der Waals surface area contributed by atoms with Crippen LogP contribution in [-0.4, -0.2) is 10.9 Å². The first kappa shape index (κ1) is 13.4. The van der Waals surface area contributed by atoms with Crippen molar-refractivity contribution in [1.29, 1.82) is 0 Å². The largest absolute Gasteiger partial charge is 0.321 e. The van der Waals surface area contributed by atoms with Gasteiger partial charge in [0.15, 0.2) is 0 Å². The Kier molecular flexibility index (Phi) is 4.28. The molecule has 1 aromatic carbocycles. The molecule has 0 aliphatic carbocycles. The summed E-state index contributed by atoms with van der Waals surface area (Å²) in [6.45, 7) is 0. The highest BCUT2D eigenvalue weighted by Crippen LogP contribution is 2.20. The first-order valence-electron chi connectivity index (χ1n) is 4.94. The molecule has 0 saturated heterocycles. The Morgan fingerprint density at radius 3 is 2.78 bits per heavy atom. The molecule has 0 radical (unpaired) electrons. The molecule has 92 valence electrons. The lowest BCUT2D eigenvalue weighted by Crippen LogP contribution is -2.13. The normalized spacial score (nSPS) is 10.2. The fraction of sp³-hybridized carbons (Fsp3) is 0. The lowest BCUT2D eigenvalue weighted by Gasteiger charge is -2.07. The fourth-order valence-corrected chi connectivity index (χ4v) is 2.24. The summed E-state index contributed by atoms with van der Waals surface area (Å²) in [7, 11) is 0. The number of hydrogen-bond donors (Lipinski definition) is 1. The Balaban J connectivity index is 2.21. The summed E-state index contributed by atoms with van der Waals surface area (Å²) in [4.78, 5) is 15.5. The van der Waals surface area contributed by atoms with Crippen molar-refractivity contribution in [1.82, 2.24) is 4.98 Å². The summed E-state index contributed by atoms with van der Waals surface area (Å²) >= 11 is 5.44. The van der Waals surface area contributed by atoms with Gasteiger partial charge in [-0.05, 0) is 68.9 Å². The summed E-state index contributed by atoms with van der Waals surface area (Å²) in [6, 6.07) is 8.11. The maximum Gasteiger partial charge on any atom is 0.256 e. The zero-order valence-corrected chi connectivity index (χ0v) is 12.7. The lowest BCUT2D eigenvalue weighted by atomic mass is 10.2. The highest BCUT2D eigenvalue weighted by Gasteiger charge is 2.11. The van der Waals surface area contributed by atoms with E-state index in [-0.39, 0.29) is 5.91 Å². The first-order valence-corrected chi connectivity index (χ1v) is 6.81. The number of nitrogens with one attached hydrogen (secondary N) is 1. The molecule has 2 aromatic rings. The molecule has 0 bridgehead atoms. The number of pyridine rings is 1. The third-order valence-corrected chi connectivity index (χ3v) is 3.52. The van der Waals surface area contributed by atoms with E-state index in [9.17, 15) is 9.18 Å². The second kappa shape index (κ2) is 5.75. The fourth-order valence-electron chi connectivity index (χ4n) is 1.32. The van der Waals surface area contributed by atoms with Gasteiger partial charge >= 0.3 is 0 Å². The van der Waals surface area contributed by atoms with Gasteiger partial charge in [-0.1, -0.05) is 0 Å². The number of hydrogen-bond acceptors (Lipinski definition) is 2. The van der Waals surface area contributed by atoms with Gasteiger partial charge in [0.1, 0.15) is 0 Å². The van der Waals surface area contributed by atoms with E-state index in [0.29, 0.717) is 15.7 Å². The molecule has 2 rings (SSSR count). The average molecular weight is 421 g/mol. The van der Waals surface area contributed by atoms with Gasteiger partial charge in [0.25, 0.3) is 5.91 Å². The van der Waals surface area contributed by atoms with E-state index in [2.05, 4.69) is 48.8 Å². The van der Waals surface area contributed by atoms with Crippen LogP contribution in [0.2, 0.25) is 0 Å². The van der Waals surface area contributed by atoms with Crippen LogP contribution in [0.5, 0.6) is 0 Å². The molecule has 0 saturated carbocycles. The van der Waals surface area contributed by atoms with E-state index >= 15 is 0 Å². The topological polar surface area (TPSA) is 42.0 Å². The number of carbonyl (C=O) groups excluding carboxylic acids is 1. The van der Waals surface area contributed by atoms with E-state index < -0.39 is 5.95 Å². The zero-order chi connectivity index (χ0) is 13.1. The van der Waals surface area contributed by atoms with Crippen molar-refractivity contribution in [2.24, 2.45) is 0 Å². The highest BCUT2D eigenvalue weighted by molar-refractivity contribution is 14.1. The molecule has 0 fully saturated rings. The molecule has 1 amide bonds. The molecule has 1 heterocycles. The van der Waals surface area contributed by atoms with Crippen LogP contribution in [0.25, 0.3) is 0 Å². The molecule has 1 aromatic heterocycles. The molecule has 0 aliphatic rings. The summed E-state index contributed by atoms with van der Waals surface area (Å²) in [5.41, 5.74) is 0.971. The van der Waals surface area contributed by atoms with Gasteiger partial charge in [0, 0.05) is 8.04 Å². The zero-order valence-electron chi connectivity index (χ0n) is 8.95. The Hall–Kier alpha value is -1.02. The quantitative estimate of drug-likeness (QED) is 0.592. The van der Waals surface area contributed by atoms with Crippen LogP contribution in [0.4, 0.5) is 10.1 Å². The van der Waals surface area contributed by atoms with Crippen LogP contribution in [0, 0.1) is 9.52 Å². The van der Waals surface area contributed by atoms with E-state index in [1.54, 1.807) is 12.1 Å². The molecular weight excluding hydrogens is 414 g/mol. The molecule has 0 atom stereocenters. The summed E-state index contributed by atoms with van der Waals surface area (Å²) in [5, 5.41) is 2.65. The van der Waals surface area contributed by atoms with Crippen LogP contribution in [0.15, 0.2) is 41.0 Å². The molecular formula is C12H7BrFIN2O. The number of aromatic nitrogens is 1. The summed E-state index contributed by atoms with van der Waals surface area (Å²) in [5.74, 6) is -0.850. The van der Waals surface area contributed by atoms with Crippen molar-refractivity contribution < 1.29 is 9.18 Å². The Labute approximate surface area is 125 Å². The van der Waals surface area contributed by atoms with Gasteiger partial charge in [-0.15, -0.1) is 0 Å². The van der Waals surface area contributed by atoms with Crippen LogP contribution < -0.4 is 5.32 Å². The summed E-state index contributed by atoms with van der Waals surface area (Å²) in [6.07, 6.45) is 1.27. The molecule has 3 nitrogen and oxygen atoms in total. The van der Waals surface area contributed by atoms with E-state index in [1.165, 1.54) is 18.3 Å². The molecule has 18 heavy (non-hydrogen) atoms. The minimum atomic E-state index is -0.580. The highest BCUT2D eigenvalue weighted by atomic mass is 127. The molecule has 6 heteroatoms. The average Bonchev–Trinajstić information content (AvgIpc) is 2.35. The maximum absolute atomic E-state index is 12.6. The second-order valence-electron chi connectivity index (χ2n) is 3.45. The monoisotopic (exact) mass is 420 g/mol. The minimum Gasteiger partial charge on any atom is -0.321 e. The molecule has 0 aliphatic heterocycles. The van der Waals surface area contributed by atoms with Crippen molar-refractivity contribution in [3.05, 3.63) is 56.1 Å². The smallest absolute Gasteiger partial charge is 0.256 e. The number of rotatable bonds is 2. The molecule has 1 N–H and O–H groups in total. The van der Waals surface area contributed by atoms with Gasteiger partial charge in [-0.2, -0.15) is 4.39 Å². The van der Waals surface area contributed by atoms with Gasteiger partial charge < -0.3 is 5.32 Å². The van der Waals surface area contributed by atoms with E-state index in [0.717, 1.165) is 3.57 Å². The van der Waals surface area contributed by atoms with Crippen molar-refractivity contribution in [3.8, 4) is 0 Å². The number of nitrogens with zero attached hydrogens (tertiary/aromatic N) is 1. The number of halogens is 3. The van der Waals surface area contributed by atoms with Crippen LogP contribution in [0.3, 0.4) is 0 Å². The maximum atomic E-state index is 12.6. The standard InChI is InChI=1S/C12H7BrFIN2O/c13-10-3-1-7(15)5-9(10)12(18)17-8-2-4-11(14)16-6-8/h1-6H,(H,17,18). The van der Waals surface area contributed by atoms with Crippen LogP contribution in [-0.2, 0) is 0 Å². The Morgan fingerprint density at radius 1 is 1.33 bits per heavy atom. The first-order chi connectivity index (χ1) is 8.56. The third kappa shape index (κ3) is 3.26. The van der Waals surface area contributed by atoms with Crippen molar-refractivity contribution in [2.75, 3.05) is 5.32 Å². The van der Waals surface area contributed by atoms with E-state index in [4.69, 9.17) is 0 Å². The van der Waals surface area contributed by atoms with E-state index in [1.807, 2.05) is 6.07 Å². The summed E-state index contributed by atoms with van der Waals surface area (Å²) < 4.78 is 14.3. The lowest BCUT2D eigenvalue weighted by molar-refractivity contribution is 0.102. The van der Waals surface area contributed by atoms with Crippen molar-refractivity contribution in [2.45, 2.75) is 0 Å². The van der Waals surface area contributed by atoms with Gasteiger partial charge in [-0.25, -0.2) is 4.98 Å². The van der Waals surface area contributed by atoms with Gasteiger partial charge in [0.2, 0.25) is 5.95 Å².